The average molecular weight is 441 g/mol. The number of β-lactam (4-membered cyclic amide) rings is 1. The van der Waals surface area contributed by atoms with E-state index in [0.29, 0.717) is 5.75 Å². The van der Waals surface area contributed by atoms with Crippen molar-refractivity contribution in [3.63, 3.8) is 0 Å². The molecule has 0 aromatic carbocycles. The van der Waals surface area contributed by atoms with Crippen molar-refractivity contribution in [2.75, 3.05) is 18.6 Å². The zero-order valence-corrected chi connectivity index (χ0v) is 18.4. The number of amides is 2. The molecular formula is C13H16N5NaO7S2. The first-order valence-electron chi connectivity index (χ1n) is 6.93. The quantitative estimate of drug-likeness (QED) is 0.193. The fourth-order valence-corrected chi connectivity index (χ4v) is 4.17. The maximum absolute atomic E-state index is 12.5. The SMILES string of the molecule is CON=C(C(=O)NC1C(=O)N2C(C(=O)[O-])=CCS[C@@H]12)c1csc(N)n1.O.O.[Na+]. The Morgan fingerprint density at radius 1 is 1.46 bits per heavy atom. The minimum Gasteiger partial charge on any atom is -0.543 e. The normalized spacial score (nSPS) is 20.2. The Morgan fingerprint density at radius 3 is 2.68 bits per heavy atom. The summed E-state index contributed by atoms with van der Waals surface area (Å²) in [6.07, 6.45) is 1.41. The molecule has 0 radical (unpaired) electrons. The number of carboxylic acid groups (broad SMARTS) is 1. The van der Waals surface area contributed by atoms with Gasteiger partial charge in [0, 0.05) is 11.1 Å². The van der Waals surface area contributed by atoms with Crippen LogP contribution in [0.5, 0.6) is 0 Å². The fourth-order valence-electron chi connectivity index (χ4n) is 2.43. The Morgan fingerprint density at radius 2 is 2.14 bits per heavy atom. The van der Waals surface area contributed by atoms with Crippen molar-refractivity contribution in [3.05, 3.63) is 22.8 Å². The Kier molecular flexibility index (Phi) is 10.1. The number of fused-ring (bicyclic) bond motifs is 1. The van der Waals surface area contributed by atoms with E-state index in [0.717, 1.165) is 16.2 Å². The van der Waals surface area contributed by atoms with Crippen molar-refractivity contribution in [1.82, 2.24) is 15.2 Å². The average Bonchev–Trinajstić information content (AvgIpc) is 3.02. The molecule has 3 rings (SSSR count). The molecule has 2 aliphatic rings. The Hall–Kier alpha value is -1.68. The molecule has 0 saturated carbocycles. The number of anilines is 1. The van der Waals surface area contributed by atoms with Crippen LogP contribution in [0, 0.1) is 0 Å². The monoisotopic (exact) mass is 441 g/mol. The van der Waals surface area contributed by atoms with Gasteiger partial charge in [0.25, 0.3) is 11.8 Å². The van der Waals surface area contributed by atoms with Crippen molar-refractivity contribution in [2.24, 2.45) is 5.16 Å². The van der Waals surface area contributed by atoms with Gasteiger partial charge in [-0.05, 0) is 6.08 Å². The summed E-state index contributed by atoms with van der Waals surface area (Å²) in [6.45, 7) is 0. The number of carbonyl (C=O) groups is 3. The molecule has 12 nitrogen and oxygen atoms in total. The second-order valence-electron chi connectivity index (χ2n) is 4.95. The van der Waals surface area contributed by atoms with Gasteiger partial charge < -0.3 is 36.7 Å². The van der Waals surface area contributed by atoms with Gasteiger partial charge in [-0.25, -0.2) is 4.98 Å². The standard InChI is InChI=1S/C13H13N5O5S2.Na.2H2O/c1-23-17-7(5-4-25-13(14)15-5)9(19)16-8-10(20)18-6(12(21)22)2-3-24-11(8)18;;;/h2,4,8,11H,3H2,1H3,(H2,14,15)(H,16,19)(H,21,22);;2*1H2/q;+1;;/p-1/t8?,11-;;;/m0.../s1. The number of nitrogens with two attached hydrogens (primary N) is 1. The number of carbonyl (C=O) groups excluding carboxylic acids is 3. The van der Waals surface area contributed by atoms with Crippen molar-refractivity contribution in [2.45, 2.75) is 11.4 Å². The number of carboxylic acids is 1. The maximum Gasteiger partial charge on any atom is 1.00 e. The second-order valence-corrected chi connectivity index (χ2v) is 6.99. The largest absolute Gasteiger partial charge is 1.00 e. The van der Waals surface area contributed by atoms with Crippen LogP contribution >= 0.6 is 23.1 Å². The molecule has 148 valence electrons. The number of nitrogen functional groups attached to an aromatic ring is 1. The van der Waals surface area contributed by atoms with E-state index < -0.39 is 29.2 Å². The van der Waals surface area contributed by atoms with Crippen LogP contribution < -0.4 is 45.7 Å². The third-order valence-corrected chi connectivity index (χ3v) is 5.36. The molecule has 2 aliphatic heterocycles. The number of oxime groups is 1. The predicted molar refractivity (Wildman–Crippen MR) is 95.4 cm³/mol. The summed E-state index contributed by atoms with van der Waals surface area (Å²) in [5.41, 5.74) is 5.46. The van der Waals surface area contributed by atoms with Crippen molar-refractivity contribution in [3.8, 4) is 0 Å². The van der Waals surface area contributed by atoms with E-state index >= 15 is 0 Å². The Labute approximate surface area is 189 Å². The number of hydrogen-bond donors (Lipinski definition) is 2. The number of thiazole rings is 1. The van der Waals surface area contributed by atoms with Gasteiger partial charge in [-0.2, -0.15) is 0 Å². The Bertz CT molecular complexity index is 815. The number of hydrogen-bond acceptors (Lipinski definition) is 10. The van der Waals surface area contributed by atoms with E-state index in [1.54, 1.807) is 0 Å². The molecule has 0 spiro atoms. The van der Waals surface area contributed by atoms with Crippen LogP contribution in [0.1, 0.15) is 5.69 Å². The molecule has 15 heteroatoms. The summed E-state index contributed by atoms with van der Waals surface area (Å²) in [6, 6.07) is -0.876. The number of nitrogens with zero attached hydrogens (tertiary/aromatic N) is 3. The molecule has 1 aromatic heterocycles. The van der Waals surface area contributed by atoms with Crippen molar-refractivity contribution >= 4 is 51.7 Å². The van der Waals surface area contributed by atoms with E-state index in [1.807, 2.05) is 0 Å². The zero-order valence-electron chi connectivity index (χ0n) is 14.8. The molecule has 1 unspecified atom stereocenters. The molecule has 28 heavy (non-hydrogen) atoms. The van der Waals surface area contributed by atoms with Gasteiger partial charge in [0.2, 0.25) is 0 Å². The summed E-state index contributed by atoms with van der Waals surface area (Å²) in [5, 5.41) is 18.5. The summed E-state index contributed by atoms with van der Waals surface area (Å²) in [4.78, 5) is 45.5. The number of nitrogens with one attached hydrogen (secondary N) is 1. The van der Waals surface area contributed by atoms with Crippen LogP contribution in [0.15, 0.2) is 22.3 Å². The van der Waals surface area contributed by atoms with Crippen LogP contribution in [-0.2, 0) is 19.2 Å². The summed E-state index contributed by atoms with van der Waals surface area (Å²) < 4.78 is 0. The van der Waals surface area contributed by atoms with Crippen molar-refractivity contribution < 1.29 is 64.8 Å². The predicted octanol–water partition coefficient (Wildman–Crippen LogP) is -6.54. The van der Waals surface area contributed by atoms with Crippen molar-refractivity contribution in [1.29, 1.82) is 0 Å². The second kappa shape index (κ2) is 10.8. The molecular weight excluding hydrogens is 425 g/mol. The number of thioether (sulfide) groups is 1. The minimum absolute atomic E-state index is 0. The van der Waals surface area contributed by atoms with E-state index in [4.69, 9.17) is 5.73 Å². The van der Waals surface area contributed by atoms with Crippen LogP contribution in [0.25, 0.3) is 0 Å². The minimum atomic E-state index is -1.43. The van der Waals surface area contributed by atoms with Crippen LogP contribution in [-0.4, -0.2) is 68.6 Å². The smallest absolute Gasteiger partial charge is 0.543 e. The Balaban J connectivity index is 0.00000243. The number of aromatic nitrogens is 1. The third-order valence-electron chi connectivity index (χ3n) is 3.50. The van der Waals surface area contributed by atoms with Gasteiger partial charge in [0.15, 0.2) is 10.8 Å². The van der Waals surface area contributed by atoms with Gasteiger partial charge >= 0.3 is 29.6 Å². The van der Waals surface area contributed by atoms with E-state index in [2.05, 4.69) is 20.3 Å². The molecule has 2 atom stereocenters. The van der Waals surface area contributed by atoms with Crippen LogP contribution in [0.4, 0.5) is 5.13 Å². The molecule has 1 aromatic rings. The molecule has 1 fully saturated rings. The molecule has 2 amide bonds. The first-order chi connectivity index (χ1) is 11.9. The summed E-state index contributed by atoms with van der Waals surface area (Å²) in [5.74, 6) is -2.24. The third kappa shape index (κ3) is 4.83. The van der Waals surface area contributed by atoms with E-state index in [9.17, 15) is 19.5 Å². The molecule has 0 aliphatic carbocycles. The van der Waals surface area contributed by atoms with Gasteiger partial charge in [-0.15, -0.1) is 23.1 Å². The topological polar surface area (TPSA) is 213 Å². The van der Waals surface area contributed by atoms with E-state index in [1.165, 1.54) is 30.3 Å². The van der Waals surface area contributed by atoms with E-state index in [-0.39, 0.29) is 62.7 Å². The summed E-state index contributed by atoms with van der Waals surface area (Å²) in [7, 11) is 1.27. The molecule has 7 N–H and O–H groups in total. The number of rotatable bonds is 5. The van der Waals surface area contributed by atoms with Gasteiger partial charge in [-0.1, -0.05) is 5.16 Å². The molecule has 3 heterocycles. The van der Waals surface area contributed by atoms with Crippen LogP contribution in [0.3, 0.4) is 0 Å². The zero-order chi connectivity index (χ0) is 18.1. The first-order valence-corrected chi connectivity index (χ1v) is 8.86. The first kappa shape index (κ1) is 26.3. The maximum atomic E-state index is 12.5. The fraction of sp³-hybridized carbons (Fsp3) is 0.308. The molecule has 1 saturated heterocycles. The number of aliphatic carboxylic acids is 1. The van der Waals surface area contributed by atoms with Crippen LogP contribution in [0.2, 0.25) is 0 Å². The molecule has 0 bridgehead atoms. The van der Waals surface area contributed by atoms with Gasteiger partial charge in [0.1, 0.15) is 24.2 Å². The van der Waals surface area contributed by atoms with Gasteiger partial charge in [0.05, 0.1) is 11.7 Å². The summed E-state index contributed by atoms with van der Waals surface area (Å²) >= 11 is 2.46. The van der Waals surface area contributed by atoms with Gasteiger partial charge in [-0.3, -0.25) is 14.5 Å².